The Morgan fingerprint density at radius 3 is 2.18 bits per heavy atom. The van der Waals surface area contributed by atoms with Crippen LogP contribution in [0.2, 0.25) is 0 Å². The smallest absolute Gasteiger partial charge is 0.369 e. The van der Waals surface area contributed by atoms with Crippen molar-refractivity contribution in [3.63, 3.8) is 0 Å². The van der Waals surface area contributed by atoms with Gasteiger partial charge in [0.05, 0.1) is 5.56 Å². The number of hydrogen-bond acceptors (Lipinski definition) is 4. The van der Waals surface area contributed by atoms with Crippen molar-refractivity contribution < 1.29 is 22.8 Å². The number of hydrogen-bond donors (Lipinski definition) is 0. The molecule has 0 saturated carbocycles. The number of likely N-dealkylation sites (tertiary alicyclic amines) is 1. The fourth-order valence-electron chi connectivity index (χ4n) is 3.61. The van der Waals surface area contributed by atoms with E-state index in [1.807, 2.05) is 4.90 Å². The predicted octanol–water partition coefficient (Wildman–Crippen LogP) is 3.18. The fraction of sp³-hybridized carbons (Fsp3) is 0.579. The van der Waals surface area contributed by atoms with E-state index in [0.29, 0.717) is 44.6 Å². The maximum absolute atomic E-state index is 12.9. The number of piperazine rings is 1. The van der Waals surface area contributed by atoms with Crippen LogP contribution in [0.4, 0.5) is 18.9 Å². The molecule has 0 aromatic heterocycles. The van der Waals surface area contributed by atoms with Crippen molar-refractivity contribution in [1.29, 1.82) is 0 Å². The number of benzene rings is 1. The Hall–Kier alpha value is -1.80. The number of amides is 2. The van der Waals surface area contributed by atoms with Crippen molar-refractivity contribution in [2.75, 3.05) is 44.2 Å². The molecule has 2 fully saturated rings. The summed E-state index contributed by atoms with van der Waals surface area (Å²) in [7, 11) is 0. The summed E-state index contributed by atoms with van der Waals surface area (Å²) >= 11 is 0. The van der Waals surface area contributed by atoms with Crippen LogP contribution < -0.4 is 4.90 Å². The first-order valence-corrected chi connectivity index (χ1v) is 9.32. The molecule has 0 atom stereocenters. The van der Waals surface area contributed by atoms with Crippen LogP contribution in [0.15, 0.2) is 24.3 Å². The van der Waals surface area contributed by atoms with E-state index in [1.54, 1.807) is 6.07 Å². The van der Waals surface area contributed by atoms with Gasteiger partial charge in [-0.15, -0.1) is 12.4 Å². The molecule has 1 aromatic rings. The van der Waals surface area contributed by atoms with Crippen molar-refractivity contribution in [2.24, 2.45) is 0 Å². The summed E-state index contributed by atoms with van der Waals surface area (Å²) in [4.78, 5) is 29.1. The number of carbonyl (C=O) groups is 2. The predicted molar refractivity (Wildman–Crippen MR) is 103 cm³/mol. The number of piperidine rings is 1. The van der Waals surface area contributed by atoms with Crippen LogP contribution in [0.1, 0.15) is 31.2 Å². The molecule has 0 spiro atoms. The minimum atomic E-state index is -4.33. The van der Waals surface area contributed by atoms with Crippen molar-refractivity contribution in [1.82, 2.24) is 9.80 Å². The van der Waals surface area contributed by atoms with Crippen molar-refractivity contribution in [3.8, 4) is 0 Å². The Labute approximate surface area is 168 Å². The second-order valence-corrected chi connectivity index (χ2v) is 7.02. The van der Waals surface area contributed by atoms with Gasteiger partial charge in [0.25, 0.3) is 0 Å². The molecule has 3 rings (SSSR count). The van der Waals surface area contributed by atoms with E-state index in [4.69, 9.17) is 0 Å². The van der Waals surface area contributed by atoms with Crippen LogP contribution in [0.5, 0.6) is 0 Å². The molecule has 0 unspecified atom stereocenters. The Morgan fingerprint density at radius 1 is 0.929 bits per heavy atom. The molecule has 1 aromatic carbocycles. The number of rotatable bonds is 5. The second-order valence-electron chi connectivity index (χ2n) is 7.02. The van der Waals surface area contributed by atoms with E-state index >= 15 is 0 Å². The summed E-state index contributed by atoms with van der Waals surface area (Å²) in [5, 5.41) is 0. The van der Waals surface area contributed by atoms with Crippen molar-refractivity contribution in [2.45, 2.75) is 31.9 Å². The molecule has 2 saturated heterocycles. The molecule has 0 N–H and O–H groups in total. The monoisotopic (exact) mass is 419 g/mol. The average molecular weight is 420 g/mol. The molecule has 28 heavy (non-hydrogen) atoms. The van der Waals surface area contributed by atoms with E-state index in [0.717, 1.165) is 32.1 Å². The van der Waals surface area contributed by atoms with Crippen LogP contribution in [-0.2, 0) is 15.8 Å². The average Bonchev–Trinajstić information content (AvgIpc) is 2.64. The first-order chi connectivity index (χ1) is 12.8. The molecule has 0 radical (unpaired) electrons. The number of carbonyl (C=O) groups excluding carboxylic acids is 2. The molecule has 0 bridgehead atoms. The molecule has 2 heterocycles. The zero-order chi connectivity index (χ0) is 19.4. The third-order valence-corrected chi connectivity index (χ3v) is 5.15. The molecule has 0 aliphatic carbocycles. The zero-order valence-corrected chi connectivity index (χ0v) is 16.4. The second kappa shape index (κ2) is 9.60. The summed E-state index contributed by atoms with van der Waals surface area (Å²) in [5.74, 6) is -0.166. The van der Waals surface area contributed by atoms with Gasteiger partial charge in [-0.1, -0.05) is 6.07 Å². The normalized spacial score (nSPS) is 19.0. The van der Waals surface area contributed by atoms with Gasteiger partial charge in [-0.3, -0.25) is 19.4 Å². The summed E-state index contributed by atoms with van der Waals surface area (Å²) in [6.07, 6.45) is -2.07. The van der Waals surface area contributed by atoms with Crippen molar-refractivity contribution >= 4 is 29.9 Å². The highest BCUT2D eigenvalue weighted by atomic mass is 35.5. The third-order valence-electron chi connectivity index (χ3n) is 5.15. The van der Waals surface area contributed by atoms with Gasteiger partial charge in [-0.05, 0) is 37.6 Å². The van der Waals surface area contributed by atoms with E-state index in [-0.39, 0.29) is 24.2 Å². The molecule has 9 heteroatoms. The van der Waals surface area contributed by atoms with Crippen LogP contribution in [-0.4, -0.2) is 60.9 Å². The number of nitrogens with zero attached hydrogens (tertiary/aromatic N) is 3. The molecule has 2 aliphatic heterocycles. The largest absolute Gasteiger partial charge is 0.416 e. The van der Waals surface area contributed by atoms with Gasteiger partial charge in [-0.25, -0.2) is 0 Å². The Balaban J connectivity index is 0.00000280. The molecule has 5 nitrogen and oxygen atoms in total. The lowest BCUT2D eigenvalue weighted by molar-refractivity contribution is -0.148. The van der Waals surface area contributed by atoms with Crippen molar-refractivity contribution in [3.05, 3.63) is 29.8 Å². The lowest BCUT2D eigenvalue weighted by Crippen LogP contribution is -2.47. The first kappa shape index (κ1) is 22.5. The summed E-state index contributed by atoms with van der Waals surface area (Å²) in [6, 6.07) is 5.43. The van der Waals surface area contributed by atoms with E-state index < -0.39 is 11.7 Å². The van der Waals surface area contributed by atoms with Gasteiger partial charge in [0, 0.05) is 51.3 Å². The Morgan fingerprint density at radius 2 is 1.57 bits per heavy atom. The number of halogens is 4. The van der Waals surface area contributed by atoms with Gasteiger partial charge in [-0.2, -0.15) is 13.2 Å². The minimum absolute atomic E-state index is 0. The number of imide groups is 1. The van der Waals surface area contributed by atoms with Gasteiger partial charge < -0.3 is 4.90 Å². The number of anilines is 1. The highest BCUT2D eigenvalue weighted by Gasteiger charge is 2.31. The molecule has 156 valence electrons. The maximum atomic E-state index is 12.9. The zero-order valence-electron chi connectivity index (χ0n) is 15.6. The summed E-state index contributed by atoms with van der Waals surface area (Å²) < 4.78 is 38.6. The van der Waals surface area contributed by atoms with E-state index in [2.05, 4.69) is 4.90 Å². The number of alkyl halides is 3. The van der Waals surface area contributed by atoms with E-state index in [9.17, 15) is 22.8 Å². The van der Waals surface area contributed by atoms with Gasteiger partial charge in [0.15, 0.2) is 0 Å². The quantitative estimate of drug-likeness (QED) is 0.688. The summed E-state index contributed by atoms with van der Waals surface area (Å²) in [5.41, 5.74) is -0.0349. The maximum Gasteiger partial charge on any atom is 0.416 e. The lowest BCUT2D eigenvalue weighted by Gasteiger charge is -2.36. The highest BCUT2D eigenvalue weighted by molar-refractivity contribution is 5.97. The molecule has 2 amide bonds. The molecule has 2 aliphatic rings. The van der Waals surface area contributed by atoms with Crippen LogP contribution in [0, 0.1) is 0 Å². The SMILES string of the molecule is Cl.O=C1CCCC(=O)N1CCCN1CCN(c2cccc(C(F)(F)F)c2)CC1. The standard InChI is InChI=1S/C19H24F3N3O2.ClH/c20-19(21,22)15-4-1-5-16(14-15)24-12-10-23(11-13-24)8-3-9-25-17(26)6-2-7-18(25)27;/h1,4-5,14H,2-3,6-13H2;1H. The van der Waals surface area contributed by atoms with Crippen LogP contribution in [0.3, 0.4) is 0 Å². The van der Waals surface area contributed by atoms with Crippen LogP contribution >= 0.6 is 12.4 Å². The van der Waals surface area contributed by atoms with Gasteiger partial charge in [0.2, 0.25) is 11.8 Å². The summed E-state index contributed by atoms with van der Waals surface area (Å²) in [6.45, 7) is 4.03. The topological polar surface area (TPSA) is 43.9 Å². The lowest BCUT2D eigenvalue weighted by atomic mass is 10.1. The molecular weight excluding hydrogens is 395 g/mol. The van der Waals surface area contributed by atoms with E-state index in [1.165, 1.54) is 17.0 Å². The Bertz CT molecular complexity index is 675. The van der Waals surface area contributed by atoms with Crippen LogP contribution in [0.25, 0.3) is 0 Å². The first-order valence-electron chi connectivity index (χ1n) is 9.32. The Kier molecular flexibility index (Phi) is 7.71. The minimum Gasteiger partial charge on any atom is -0.369 e. The molecular formula is C19H25ClF3N3O2. The fourth-order valence-corrected chi connectivity index (χ4v) is 3.61. The highest BCUT2D eigenvalue weighted by Crippen LogP contribution is 2.31. The van der Waals surface area contributed by atoms with Gasteiger partial charge in [0.1, 0.15) is 0 Å². The van der Waals surface area contributed by atoms with Gasteiger partial charge >= 0.3 is 6.18 Å². The third kappa shape index (κ3) is 5.61.